The maximum absolute atomic E-state index is 12.4. The number of benzene rings is 2. The minimum atomic E-state index is -0.566. The van der Waals surface area contributed by atoms with Crippen molar-refractivity contribution in [3.8, 4) is 11.5 Å². The highest BCUT2D eigenvalue weighted by Crippen LogP contribution is 2.29. The second kappa shape index (κ2) is 8.91. The molecule has 5 heteroatoms. The minimum absolute atomic E-state index is 0.202. The van der Waals surface area contributed by atoms with Crippen LogP contribution in [-0.2, 0) is 17.6 Å². The van der Waals surface area contributed by atoms with Crippen molar-refractivity contribution in [3.05, 3.63) is 58.7 Å². The van der Waals surface area contributed by atoms with E-state index in [1.54, 1.807) is 18.2 Å². The van der Waals surface area contributed by atoms with Gasteiger partial charge in [-0.2, -0.15) is 0 Å². The summed E-state index contributed by atoms with van der Waals surface area (Å²) in [5.41, 5.74) is 3.43. The zero-order valence-electron chi connectivity index (χ0n) is 16.6. The molecule has 0 amide bonds. The molecule has 28 heavy (non-hydrogen) atoms. The van der Waals surface area contributed by atoms with Gasteiger partial charge in [0, 0.05) is 5.56 Å². The molecule has 2 aromatic rings. The van der Waals surface area contributed by atoms with Crippen LogP contribution in [0.5, 0.6) is 11.5 Å². The molecule has 2 aromatic carbocycles. The van der Waals surface area contributed by atoms with E-state index in [-0.39, 0.29) is 12.4 Å². The van der Waals surface area contributed by atoms with Gasteiger partial charge in [-0.3, -0.25) is 4.79 Å². The Kier molecular flexibility index (Phi) is 6.34. The molecule has 1 aliphatic rings. The van der Waals surface area contributed by atoms with Crippen LogP contribution >= 0.6 is 0 Å². The topological polar surface area (TPSA) is 61.8 Å². The molecule has 1 aliphatic carbocycles. The Bertz CT molecular complexity index is 869. The van der Waals surface area contributed by atoms with E-state index in [9.17, 15) is 9.59 Å². The number of hydrogen-bond donors (Lipinski definition) is 0. The van der Waals surface area contributed by atoms with Crippen LogP contribution in [-0.4, -0.2) is 32.1 Å². The average Bonchev–Trinajstić information content (AvgIpc) is 3.17. The van der Waals surface area contributed by atoms with Crippen molar-refractivity contribution in [1.82, 2.24) is 0 Å². The number of aryl methyl sites for hydroxylation is 2. The van der Waals surface area contributed by atoms with E-state index in [4.69, 9.17) is 14.2 Å². The number of Topliss-reactive ketones (excluding diaryl/α,β-unsaturated/α-hetero) is 1. The summed E-state index contributed by atoms with van der Waals surface area (Å²) in [6, 6.07) is 10.6. The summed E-state index contributed by atoms with van der Waals surface area (Å²) in [6.07, 6.45) is 3.19. The first-order valence-electron chi connectivity index (χ1n) is 9.61. The zero-order valence-corrected chi connectivity index (χ0v) is 16.6. The van der Waals surface area contributed by atoms with Gasteiger partial charge in [0.25, 0.3) is 0 Å². The molecule has 0 aromatic heterocycles. The van der Waals surface area contributed by atoms with E-state index in [1.807, 2.05) is 18.2 Å². The molecule has 0 N–H and O–H groups in total. The maximum atomic E-state index is 12.4. The van der Waals surface area contributed by atoms with Crippen molar-refractivity contribution in [3.63, 3.8) is 0 Å². The third kappa shape index (κ3) is 4.71. The number of ketones is 1. The summed E-state index contributed by atoms with van der Waals surface area (Å²) in [5, 5.41) is 0. The fourth-order valence-electron chi connectivity index (χ4n) is 3.21. The Morgan fingerprint density at radius 2 is 1.71 bits per heavy atom. The Labute approximate surface area is 165 Å². The summed E-state index contributed by atoms with van der Waals surface area (Å²) < 4.78 is 16.2. The van der Waals surface area contributed by atoms with Gasteiger partial charge in [0.05, 0.1) is 19.3 Å². The van der Waals surface area contributed by atoms with Crippen LogP contribution < -0.4 is 9.47 Å². The molecular weight excluding hydrogens is 356 g/mol. The molecule has 0 saturated carbocycles. The Hall–Kier alpha value is -2.82. The third-order valence-electron chi connectivity index (χ3n) is 4.73. The van der Waals surface area contributed by atoms with E-state index in [2.05, 4.69) is 13.8 Å². The summed E-state index contributed by atoms with van der Waals surface area (Å²) in [7, 11) is 1.52. The number of ether oxygens (including phenoxy) is 3. The predicted molar refractivity (Wildman–Crippen MR) is 106 cm³/mol. The SMILES string of the molecule is COc1cc(C(=O)OCC(=O)c2ccc3c(c2)CCC3)ccc1OCC(C)C. The third-order valence-corrected chi connectivity index (χ3v) is 4.73. The highest BCUT2D eigenvalue weighted by molar-refractivity contribution is 5.99. The molecule has 0 unspecified atom stereocenters. The van der Waals surface area contributed by atoms with E-state index >= 15 is 0 Å². The molecule has 0 atom stereocenters. The van der Waals surface area contributed by atoms with Gasteiger partial charge >= 0.3 is 5.97 Å². The fraction of sp³-hybridized carbons (Fsp3) is 0.391. The number of fused-ring (bicyclic) bond motifs is 1. The molecule has 0 aliphatic heterocycles. The lowest BCUT2D eigenvalue weighted by molar-refractivity contribution is 0.0474. The van der Waals surface area contributed by atoms with Gasteiger partial charge in [0.2, 0.25) is 0 Å². The Morgan fingerprint density at radius 1 is 0.964 bits per heavy atom. The summed E-state index contributed by atoms with van der Waals surface area (Å²) in [4.78, 5) is 24.7. The lowest BCUT2D eigenvalue weighted by atomic mass is 10.0. The van der Waals surface area contributed by atoms with Crippen molar-refractivity contribution in [1.29, 1.82) is 0 Å². The van der Waals surface area contributed by atoms with E-state index in [0.29, 0.717) is 35.2 Å². The largest absolute Gasteiger partial charge is 0.493 e. The maximum Gasteiger partial charge on any atom is 0.338 e. The van der Waals surface area contributed by atoms with Crippen molar-refractivity contribution in [2.45, 2.75) is 33.1 Å². The Morgan fingerprint density at radius 3 is 2.46 bits per heavy atom. The summed E-state index contributed by atoms with van der Waals surface area (Å²) in [6.45, 7) is 4.37. The molecule has 0 saturated heterocycles. The average molecular weight is 382 g/mol. The van der Waals surface area contributed by atoms with Gasteiger partial charge in [-0.05, 0) is 60.6 Å². The van der Waals surface area contributed by atoms with Gasteiger partial charge in [0.1, 0.15) is 0 Å². The van der Waals surface area contributed by atoms with E-state index < -0.39 is 5.97 Å². The molecule has 148 valence electrons. The fourth-order valence-corrected chi connectivity index (χ4v) is 3.21. The van der Waals surface area contributed by atoms with Crippen LogP contribution in [0.2, 0.25) is 0 Å². The first-order valence-corrected chi connectivity index (χ1v) is 9.61. The van der Waals surface area contributed by atoms with Crippen LogP contribution in [0.3, 0.4) is 0 Å². The van der Waals surface area contributed by atoms with Crippen LogP contribution in [0.4, 0.5) is 0 Å². The minimum Gasteiger partial charge on any atom is -0.493 e. The van der Waals surface area contributed by atoms with Crippen LogP contribution in [0.25, 0.3) is 0 Å². The second-order valence-electron chi connectivity index (χ2n) is 7.41. The molecular formula is C23H26O5. The van der Waals surface area contributed by atoms with E-state index in [0.717, 1.165) is 19.3 Å². The lowest BCUT2D eigenvalue weighted by Crippen LogP contribution is -2.15. The van der Waals surface area contributed by atoms with Crippen molar-refractivity contribution in [2.24, 2.45) is 5.92 Å². The van der Waals surface area contributed by atoms with Gasteiger partial charge in [0.15, 0.2) is 23.9 Å². The van der Waals surface area contributed by atoms with Crippen molar-refractivity contribution < 1.29 is 23.8 Å². The van der Waals surface area contributed by atoms with Crippen molar-refractivity contribution in [2.75, 3.05) is 20.3 Å². The number of esters is 1. The van der Waals surface area contributed by atoms with Gasteiger partial charge in [-0.25, -0.2) is 4.79 Å². The number of rotatable bonds is 8. The van der Waals surface area contributed by atoms with Gasteiger partial charge < -0.3 is 14.2 Å². The number of methoxy groups -OCH3 is 1. The standard InChI is InChI=1S/C23H26O5/c1-15(2)13-27-21-10-9-19(12-22(21)26-3)23(25)28-14-20(24)18-8-7-16-5-4-6-17(16)11-18/h7-12,15H,4-6,13-14H2,1-3H3. The van der Waals surface area contributed by atoms with Crippen LogP contribution in [0.1, 0.15) is 52.1 Å². The first kappa shape index (κ1) is 19.9. The van der Waals surface area contributed by atoms with Crippen LogP contribution in [0, 0.1) is 5.92 Å². The second-order valence-corrected chi connectivity index (χ2v) is 7.41. The van der Waals surface area contributed by atoms with Crippen molar-refractivity contribution >= 4 is 11.8 Å². The zero-order chi connectivity index (χ0) is 20.1. The molecule has 0 fully saturated rings. The number of carbonyl (C=O) groups is 2. The quantitative estimate of drug-likeness (QED) is 0.504. The highest BCUT2D eigenvalue weighted by Gasteiger charge is 2.17. The monoisotopic (exact) mass is 382 g/mol. The highest BCUT2D eigenvalue weighted by atomic mass is 16.5. The van der Waals surface area contributed by atoms with Gasteiger partial charge in [-0.15, -0.1) is 0 Å². The van der Waals surface area contributed by atoms with Gasteiger partial charge in [-0.1, -0.05) is 26.0 Å². The van der Waals surface area contributed by atoms with Crippen LogP contribution in [0.15, 0.2) is 36.4 Å². The van der Waals surface area contributed by atoms with E-state index in [1.165, 1.54) is 18.2 Å². The Balaban J connectivity index is 1.62. The molecule has 5 nitrogen and oxygen atoms in total. The first-order chi connectivity index (χ1) is 13.5. The number of hydrogen-bond acceptors (Lipinski definition) is 5. The number of carbonyl (C=O) groups excluding carboxylic acids is 2. The smallest absolute Gasteiger partial charge is 0.338 e. The molecule has 3 rings (SSSR count). The summed E-state index contributed by atoms with van der Waals surface area (Å²) in [5.74, 6) is 0.636. The lowest BCUT2D eigenvalue weighted by Gasteiger charge is -2.13. The molecule has 0 bridgehead atoms. The normalized spacial score (nSPS) is 12.6. The summed E-state index contributed by atoms with van der Waals surface area (Å²) >= 11 is 0. The molecule has 0 radical (unpaired) electrons. The molecule has 0 spiro atoms. The molecule has 0 heterocycles. The predicted octanol–water partition coefficient (Wildman–Crippen LogP) is 4.26.